The highest BCUT2D eigenvalue weighted by Crippen LogP contribution is 2.26. The van der Waals surface area contributed by atoms with Gasteiger partial charge < -0.3 is 20.3 Å². The summed E-state index contributed by atoms with van der Waals surface area (Å²) in [4.78, 5) is 14.1. The maximum absolute atomic E-state index is 12.0. The molecule has 5 heteroatoms. The highest BCUT2D eigenvalue weighted by atomic mass is 16.5. The van der Waals surface area contributed by atoms with Crippen LogP contribution in [0.5, 0.6) is 5.75 Å². The number of methoxy groups -OCH3 is 1. The van der Waals surface area contributed by atoms with Crippen LogP contribution in [0.25, 0.3) is 0 Å². The molecule has 21 heavy (non-hydrogen) atoms. The van der Waals surface area contributed by atoms with Crippen molar-refractivity contribution in [3.63, 3.8) is 0 Å². The van der Waals surface area contributed by atoms with Gasteiger partial charge in [-0.1, -0.05) is 6.07 Å². The molecular formula is C16H25N3O2. The van der Waals surface area contributed by atoms with Crippen molar-refractivity contribution in [2.24, 2.45) is 0 Å². The van der Waals surface area contributed by atoms with Crippen LogP contribution in [-0.2, 0) is 11.3 Å². The van der Waals surface area contributed by atoms with E-state index in [-0.39, 0.29) is 5.91 Å². The molecule has 1 amide bonds. The molecule has 0 aliphatic heterocycles. The smallest absolute Gasteiger partial charge is 0.225 e. The summed E-state index contributed by atoms with van der Waals surface area (Å²) in [5, 5.41) is 6.29. The summed E-state index contributed by atoms with van der Waals surface area (Å²) in [5.41, 5.74) is 1.89. The van der Waals surface area contributed by atoms with Crippen LogP contribution in [0.3, 0.4) is 0 Å². The second kappa shape index (κ2) is 7.43. The third kappa shape index (κ3) is 5.36. The Morgan fingerprint density at radius 2 is 2.14 bits per heavy atom. The van der Waals surface area contributed by atoms with Gasteiger partial charge in [-0.05, 0) is 44.6 Å². The lowest BCUT2D eigenvalue weighted by Crippen LogP contribution is -2.23. The van der Waals surface area contributed by atoms with Crippen LogP contribution in [0.1, 0.15) is 24.8 Å². The van der Waals surface area contributed by atoms with Gasteiger partial charge in [-0.3, -0.25) is 4.79 Å². The first-order valence-corrected chi connectivity index (χ1v) is 7.43. The molecular weight excluding hydrogens is 266 g/mol. The van der Waals surface area contributed by atoms with Crippen molar-refractivity contribution < 1.29 is 9.53 Å². The fourth-order valence-electron chi connectivity index (χ4n) is 2.21. The number of carbonyl (C=O) groups is 1. The van der Waals surface area contributed by atoms with Gasteiger partial charge in [0.15, 0.2) is 0 Å². The van der Waals surface area contributed by atoms with E-state index in [9.17, 15) is 4.79 Å². The van der Waals surface area contributed by atoms with Gasteiger partial charge in [-0.25, -0.2) is 0 Å². The highest BCUT2D eigenvalue weighted by molar-refractivity contribution is 5.92. The minimum absolute atomic E-state index is 0.0171. The van der Waals surface area contributed by atoms with Crippen molar-refractivity contribution in [3.05, 3.63) is 23.8 Å². The third-order valence-corrected chi connectivity index (χ3v) is 3.40. The number of amides is 1. The SMILES string of the molecule is COc1ccc(CN(C)C)cc1NC(=O)CCNC1CC1. The number of nitrogens with zero attached hydrogens (tertiary/aromatic N) is 1. The van der Waals surface area contributed by atoms with E-state index < -0.39 is 0 Å². The van der Waals surface area contributed by atoms with Gasteiger partial charge in [-0.15, -0.1) is 0 Å². The van der Waals surface area contributed by atoms with E-state index in [1.165, 1.54) is 12.8 Å². The largest absolute Gasteiger partial charge is 0.495 e. The average Bonchev–Trinajstić information content (AvgIpc) is 3.22. The maximum atomic E-state index is 12.0. The van der Waals surface area contributed by atoms with Crippen molar-refractivity contribution in [1.29, 1.82) is 0 Å². The van der Waals surface area contributed by atoms with E-state index >= 15 is 0 Å². The summed E-state index contributed by atoms with van der Waals surface area (Å²) in [5.74, 6) is 0.712. The summed E-state index contributed by atoms with van der Waals surface area (Å²) in [6, 6.07) is 6.53. The molecule has 0 atom stereocenters. The first-order chi connectivity index (χ1) is 10.1. The number of benzene rings is 1. The Bertz CT molecular complexity index is 484. The summed E-state index contributed by atoms with van der Waals surface area (Å²) in [6.07, 6.45) is 2.96. The number of rotatable bonds is 8. The van der Waals surface area contributed by atoms with E-state index in [2.05, 4.69) is 15.5 Å². The Labute approximate surface area is 126 Å². The van der Waals surface area contributed by atoms with Crippen LogP contribution < -0.4 is 15.4 Å². The lowest BCUT2D eigenvalue weighted by molar-refractivity contribution is -0.116. The zero-order valence-corrected chi connectivity index (χ0v) is 13.1. The van der Waals surface area contributed by atoms with Gasteiger partial charge in [0.05, 0.1) is 12.8 Å². The summed E-state index contributed by atoms with van der Waals surface area (Å²) < 4.78 is 5.31. The predicted octanol–water partition coefficient (Wildman–Crippen LogP) is 1.84. The second-order valence-electron chi connectivity index (χ2n) is 5.80. The maximum Gasteiger partial charge on any atom is 0.225 e. The van der Waals surface area contributed by atoms with Crippen molar-refractivity contribution in [2.45, 2.75) is 31.8 Å². The molecule has 1 aliphatic rings. The molecule has 1 aliphatic carbocycles. The van der Waals surface area contributed by atoms with Crippen LogP contribution >= 0.6 is 0 Å². The van der Waals surface area contributed by atoms with Crippen LogP contribution in [0, 0.1) is 0 Å². The summed E-state index contributed by atoms with van der Waals surface area (Å²) >= 11 is 0. The molecule has 0 aromatic heterocycles. The first-order valence-electron chi connectivity index (χ1n) is 7.43. The lowest BCUT2D eigenvalue weighted by Gasteiger charge is -2.14. The summed E-state index contributed by atoms with van der Waals surface area (Å²) in [6.45, 7) is 1.56. The van der Waals surface area contributed by atoms with Crippen LogP contribution in [0.2, 0.25) is 0 Å². The van der Waals surface area contributed by atoms with Gasteiger partial charge in [-0.2, -0.15) is 0 Å². The Hall–Kier alpha value is -1.59. The number of hydrogen-bond donors (Lipinski definition) is 2. The fraction of sp³-hybridized carbons (Fsp3) is 0.562. The van der Waals surface area contributed by atoms with Crippen molar-refractivity contribution in [3.8, 4) is 5.75 Å². The minimum Gasteiger partial charge on any atom is -0.495 e. The van der Waals surface area contributed by atoms with Crippen LogP contribution in [0.4, 0.5) is 5.69 Å². The van der Waals surface area contributed by atoms with Gasteiger partial charge in [0, 0.05) is 25.6 Å². The van der Waals surface area contributed by atoms with Gasteiger partial charge >= 0.3 is 0 Å². The molecule has 0 bridgehead atoms. The molecule has 0 unspecified atom stereocenters. The van der Waals surface area contributed by atoms with Crippen molar-refractivity contribution in [1.82, 2.24) is 10.2 Å². The molecule has 0 heterocycles. The first kappa shape index (κ1) is 15.8. The van der Waals surface area contributed by atoms with Crippen molar-refractivity contribution >= 4 is 11.6 Å². The molecule has 5 nitrogen and oxygen atoms in total. The minimum atomic E-state index is 0.0171. The van der Waals surface area contributed by atoms with Crippen LogP contribution in [-0.4, -0.2) is 44.6 Å². The molecule has 0 radical (unpaired) electrons. The van der Waals surface area contributed by atoms with E-state index in [0.717, 1.165) is 24.3 Å². The van der Waals surface area contributed by atoms with E-state index in [0.29, 0.717) is 18.2 Å². The van der Waals surface area contributed by atoms with E-state index in [1.807, 2.05) is 32.3 Å². The molecule has 1 aromatic rings. The molecule has 1 fully saturated rings. The Balaban J connectivity index is 1.93. The standard InChI is InChI=1S/C16H25N3O2/c1-19(2)11-12-4-7-15(21-3)14(10-12)18-16(20)8-9-17-13-5-6-13/h4,7,10,13,17H,5-6,8-9,11H2,1-3H3,(H,18,20). The zero-order valence-electron chi connectivity index (χ0n) is 13.1. The third-order valence-electron chi connectivity index (χ3n) is 3.40. The van der Waals surface area contributed by atoms with Crippen molar-refractivity contribution in [2.75, 3.05) is 33.1 Å². The monoisotopic (exact) mass is 291 g/mol. The molecule has 2 N–H and O–H groups in total. The van der Waals surface area contributed by atoms with Gasteiger partial charge in [0.25, 0.3) is 0 Å². The topological polar surface area (TPSA) is 53.6 Å². The molecule has 1 aromatic carbocycles. The summed E-state index contributed by atoms with van der Waals surface area (Å²) in [7, 11) is 5.66. The van der Waals surface area contributed by atoms with E-state index in [4.69, 9.17) is 4.74 Å². The fourth-order valence-corrected chi connectivity index (χ4v) is 2.21. The molecule has 0 saturated heterocycles. The van der Waals surface area contributed by atoms with E-state index in [1.54, 1.807) is 7.11 Å². The Kier molecular flexibility index (Phi) is 5.59. The normalized spacial score (nSPS) is 14.3. The predicted molar refractivity (Wildman–Crippen MR) is 84.7 cm³/mol. The number of hydrogen-bond acceptors (Lipinski definition) is 4. The Morgan fingerprint density at radius 3 is 2.76 bits per heavy atom. The second-order valence-corrected chi connectivity index (χ2v) is 5.80. The number of anilines is 1. The molecule has 116 valence electrons. The number of carbonyl (C=O) groups excluding carboxylic acids is 1. The quantitative estimate of drug-likeness (QED) is 0.767. The number of ether oxygens (including phenoxy) is 1. The van der Waals surface area contributed by atoms with Gasteiger partial charge in [0.2, 0.25) is 5.91 Å². The lowest BCUT2D eigenvalue weighted by atomic mass is 10.1. The number of nitrogens with one attached hydrogen (secondary N) is 2. The molecule has 0 spiro atoms. The van der Waals surface area contributed by atoms with Crippen LogP contribution in [0.15, 0.2) is 18.2 Å². The Morgan fingerprint density at radius 1 is 1.38 bits per heavy atom. The zero-order chi connectivity index (χ0) is 15.2. The molecule has 1 saturated carbocycles. The highest BCUT2D eigenvalue weighted by Gasteiger charge is 2.20. The average molecular weight is 291 g/mol. The van der Waals surface area contributed by atoms with Gasteiger partial charge in [0.1, 0.15) is 5.75 Å². The molecule has 2 rings (SSSR count).